The van der Waals surface area contributed by atoms with E-state index < -0.39 is 0 Å². The van der Waals surface area contributed by atoms with Gasteiger partial charge in [0.25, 0.3) is 0 Å². The topological polar surface area (TPSA) is 20.2 Å². The van der Waals surface area contributed by atoms with Crippen LogP contribution in [0.4, 0.5) is 0 Å². The van der Waals surface area contributed by atoms with Gasteiger partial charge in [0.05, 0.1) is 6.10 Å². The van der Waals surface area contributed by atoms with Crippen LogP contribution >= 0.6 is 0 Å². The van der Waals surface area contributed by atoms with Gasteiger partial charge in [-0.25, -0.2) is 0 Å². The number of aliphatic hydroxyl groups excluding tert-OH is 1. The molecule has 0 spiro atoms. The molecule has 0 amide bonds. The zero-order chi connectivity index (χ0) is 12.5. The van der Waals surface area contributed by atoms with E-state index in [0.29, 0.717) is 0 Å². The molecule has 0 fully saturated rings. The maximum atomic E-state index is 10.0. The molecule has 1 heteroatoms. The van der Waals surface area contributed by atoms with Gasteiger partial charge in [-0.3, -0.25) is 0 Å². The quantitative estimate of drug-likeness (QED) is 0.519. The highest BCUT2D eigenvalue weighted by molar-refractivity contribution is 5.23. The van der Waals surface area contributed by atoms with Gasteiger partial charge in [-0.05, 0) is 36.8 Å². The van der Waals surface area contributed by atoms with E-state index in [9.17, 15) is 5.11 Å². The summed E-state index contributed by atoms with van der Waals surface area (Å²) in [6, 6.07) is 8.31. The van der Waals surface area contributed by atoms with Crippen molar-refractivity contribution in [2.75, 3.05) is 0 Å². The Morgan fingerprint density at radius 2 is 1.88 bits per heavy atom. The third kappa shape index (κ3) is 5.18. The van der Waals surface area contributed by atoms with E-state index in [1.165, 1.54) is 18.4 Å². The van der Waals surface area contributed by atoms with E-state index >= 15 is 0 Å². The van der Waals surface area contributed by atoms with Crippen molar-refractivity contribution in [1.29, 1.82) is 0 Å². The van der Waals surface area contributed by atoms with Gasteiger partial charge < -0.3 is 5.11 Å². The zero-order valence-electron chi connectivity index (χ0n) is 10.9. The van der Waals surface area contributed by atoms with Crippen LogP contribution < -0.4 is 0 Å². The molecule has 1 rings (SSSR count). The Morgan fingerprint density at radius 1 is 1.18 bits per heavy atom. The zero-order valence-corrected chi connectivity index (χ0v) is 10.9. The average molecular weight is 232 g/mol. The maximum Gasteiger partial charge on any atom is 0.0790 e. The summed E-state index contributed by atoms with van der Waals surface area (Å²) < 4.78 is 0. The lowest BCUT2D eigenvalue weighted by atomic mass is 10.0. The number of hydrogen-bond acceptors (Lipinski definition) is 1. The number of hydrogen-bond donors (Lipinski definition) is 1. The van der Waals surface area contributed by atoms with Crippen LogP contribution in [0.3, 0.4) is 0 Å². The van der Waals surface area contributed by atoms with Crippen molar-refractivity contribution < 1.29 is 5.11 Å². The number of aryl methyl sites for hydroxylation is 1. The molecule has 0 aliphatic heterocycles. The molecular weight excluding hydrogens is 208 g/mol. The van der Waals surface area contributed by atoms with Gasteiger partial charge in [0.1, 0.15) is 0 Å². The molecule has 17 heavy (non-hydrogen) atoms. The minimum Gasteiger partial charge on any atom is -0.388 e. The number of rotatable bonds is 8. The van der Waals surface area contributed by atoms with Crippen LogP contribution in [0.1, 0.15) is 56.3 Å². The average Bonchev–Trinajstić information content (AvgIpc) is 2.38. The summed E-state index contributed by atoms with van der Waals surface area (Å²) in [6.45, 7) is 5.85. The third-order valence-electron chi connectivity index (χ3n) is 3.16. The highest BCUT2D eigenvalue weighted by Crippen LogP contribution is 2.20. The molecule has 0 saturated heterocycles. The Kier molecular flexibility index (Phi) is 6.64. The fourth-order valence-corrected chi connectivity index (χ4v) is 1.95. The van der Waals surface area contributed by atoms with Gasteiger partial charge in [-0.15, -0.1) is 6.58 Å². The highest BCUT2D eigenvalue weighted by Gasteiger charge is 2.06. The minimum atomic E-state index is -0.301. The van der Waals surface area contributed by atoms with Crippen LogP contribution in [0.5, 0.6) is 0 Å². The molecule has 94 valence electrons. The first-order valence-electron chi connectivity index (χ1n) is 6.65. The molecule has 1 N–H and O–H groups in total. The van der Waals surface area contributed by atoms with Gasteiger partial charge in [-0.1, -0.05) is 50.1 Å². The first kappa shape index (κ1) is 14.0. The second kappa shape index (κ2) is 8.08. The summed E-state index contributed by atoms with van der Waals surface area (Å²) in [5.74, 6) is 0. The predicted octanol–water partition coefficient (Wildman–Crippen LogP) is 4.42. The van der Waals surface area contributed by atoms with Crippen molar-refractivity contribution in [2.45, 2.75) is 51.6 Å². The molecule has 0 bridgehead atoms. The number of aliphatic hydroxyl groups is 1. The fraction of sp³-hybridized carbons (Fsp3) is 0.500. The molecule has 0 saturated carbocycles. The normalized spacial score (nSPS) is 12.4. The van der Waals surface area contributed by atoms with E-state index in [4.69, 9.17) is 0 Å². The van der Waals surface area contributed by atoms with E-state index in [-0.39, 0.29) is 6.10 Å². The van der Waals surface area contributed by atoms with Gasteiger partial charge >= 0.3 is 0 Å². The molecular formula is C16H24O. The molecule has 0 aromatic heterocycles. The maximum absolute atomic E-state index is 10.0. The SMILES string of the molecule is C=CCCCCCC(O)c1ccc(CC)cc1. The first-order valence-corrected chi connectivity index (χ1v) is 6.65. The fourth-order valence-electron chi connectivity index (χ4n) is 1.95. The number of unbranched alkanes of at least 4 members (excludes halogenated alkanes) is 3. The first-order chi connectivity index (χ1) is 8.27. The second-order valence-electron chi connectivity index (χ2n) is 4.54. The molecule has 1 aromatic rings. The molecule has 0 aliphatic rings. The largest absolute Gasteiger partial charge is 0.388 e. The van der Waals surface area contributed by atoms with Crippen molar-refractivity contribution in [3.8, 4) is 0 Å². The van der Waals surface area contributed by atoms with E-state index in [2.05, 4.69) is 25.6 Å². The van der Waals surface area contributed by atoms with Crippen molar-refractivity contribution >= 4 is 0 Å². The van der Waals surface area contributed by atoms with Crippen LogP contribution in [0, 0.1) is 0 Å². The lowest BCUT2D eigenvalue weighted by Crippen LogP contribution is -1.97. The molecule has 0 radical (unpaired) electrons. The molecule has 0 heterocycles. The van der Waals surface area contributed by atoms with Crippen molar-refractivity contribution in [3.05, 3.63) is 48.0 Å². The van der Waals surface area contributed by atoms with Gasteiger partial charge in [0, 0.05) is 0 Å². The standard InChI is InChI=1S/C16H24O/c1-3-5-6-7-8-9-16(17)15-12-10-14(4-2)11-13-15/h3,10-13,16-17H,1,4-9H2,2H3. The van der Waals surface area contributed by atoms with Crippen molar-refractivity contribution in [2.24, 2.45) is 0 Å². The van der Waals surface area contributed by atoms with Crippen LogP contribution in [-0.4, -0.2) is 5.11 Å². The lowest BCUT2D eigenvalue weighted by Gasteiger charge is -2.11. The summed E-state index contributed by atoms with van der Waals surface area (Å²) in [6.07, 6.45) is 8.11. The predicted molar refractivity (Wildman–Crippen MR) is 74.1 cm³/mol. The van der Waals surface area contributed by atoms with E-state index in [1.54, 1.807) is 0 Å². The summed E-state index contributed by atoms with van der Waals surface area (Å²) in [4.78, 5) is 0. The van der Waals surface area contributed by atoms with Crippen LogP contribution in [0.25, 0.3) is 0 Å². The Bertz CT molecular complexity index is 313. The summed E-state index contributed by atoms with van der Waals surface area (Å²) in [5, 5.41) is 10.0. The second-order valence-corrected chi connectivity index (χ2v) is 4.54. The van der Waals surface area contributed by atoms with Crippen LogP contribution in [-0.2, 0) is 6.42 Å². The summed E-state index contributed by atoms with van der Waals surface area (Å²) in [7, 11) is 0. The van der Waals surface area contributed by atoms with Crippen LogP contribution in [0.15, 0.2) is 36.9 Å². The van der Waals surface area contributed by atoms with E-state index in [1.807, 2.05) is 18.2 Å². The number of allylic oxidation sites excluding steroid dienone is 1. The van der Waals surface area contributed by atoms with Gasteiger partial charge in [0.15, 0.2) is 0 Å². The molecule has 1 aromatic carbocycles. The third-order valence-corrected chi connectivity index (χ3v) is 3.16. The Labute approximate surface area is 105 Å². The van der Waals surface area contributed by atoms with Crippen molar-refractivity contribution in [1.82, 2.24) is 0 Å². The molecule has 1 unspecified atom stereocenters. The number of benzene rings is 1. The van der Waals surface area contributed by atoms with Crippen molar-refractivity contribution in [3.63, 3.8) is 0 Å². The molecule has 1 atom stereocenters. The van der Waals surface area contributed by atoms with Crippen LogP contribution in [0.2, 0.25) is 0 Å². The Hall–Kier alpha value is -1.08. The van der Waals surface area contributed by atoms with Gasteiger partial charge in [-0.2, -0.15) is 0 Å². The summed E-state index contributed by atoms with van der Waals surface area (Å²) in [5.41, 5.74) is 2.37. The summed E-state index contributed by atoms with van der Waals surface area (Å²) >= 11 is 0. The Balaban J connectivity index is 2.30. The lowest BCUT2D eigenvalue weighted by molar-refractivity contribution is 0.163. The van der Waals surface area contributed by atoms with E-state index in [0.717, 1.165) is 31.2 Å². The minimum absolute atomic E-state index is 0.301. The van der Waals surface area contributed by atoms with Gasteiger partial charge in [0.2, 0.25) is 0 Å². The smallest absolute Gasteiger partial charge is 0.0790 e. The monoisotopic (exact) mass is 232 g/mol. The molecule has 1 nitrogen and oxygen atoms in total. The molecule has 0 aliphatic carbocycles. The Morgan fingerprint density at radius 3 is 2.47 bits per heavy atom. The highest BCUT2D eigenvalue weighted by atomic mass is 16.3.